The second-order valence-electron chi connectivity index (χ2n) is 6.53. The Labute approximate surface area is 125 Å². The number of hydrogen-bond acceptors (Lipinski definition) is 3. The monoisotopic (exact) mass is 289 g/mol. The summed E-state index contributed by atoms with van der Waals surface area (Å²) in [5.74, 6) is 0.859. The van der Waals surface area contributed by atoms with E-state index in [0.29, 0.717) is 6.54 Å². The van der Waals surface area contributed by atoms with Crippen molar-refractivity contribution in [1.29, 1.82) is 0 Å². The van der Waals surface area contributed by atoms with Gasteiger partial charge in [0.15, 0.2) is 0 Å². The van der Waals surface area contributed by atoms with Crippen LogP contribution in [0, 0.1) is 6.92 Å². The third kappa shape index (κ3) is 2.53. The third-order valence-corrected chi connectivity index (χ3v) is 5.01. The Kier molecular flexibility index (Phi) is 3.44. The van der Waals surface area contributed by atoms with E-state index in [-0.39, 0.29) is 5.91 Å². The number of methoxy groups -OCH3 is 1. The summed E-state index contributed by atoms with van der Waals surface area (Å²) in [7, 11) is 1.65. The number of carbonyl (C=O) groups is 1. The van der Waals surface area contributed by atoms with E-state index in [4.69, 9.17) is 4.74 Å². The lowest BCUT2D eigenvalue weighted by molar-refractivity contribution is -0.126. The van der Waals surface area contributed by atoms with Gasteiger partial charge in [-0.1, -0.05) is 12.1 Å². The average Bonchev–Trinajstić information content (AvgIpc) is 3.25. The quantitative estimate of drug-likeness (QED) is 0.872. The molecule has 114 valence electrons. The van der Waals surface area contributed by atoms with E-state index in [2.05, 4.69) is 5.32 Å². The van der Waals surface area contributed by atoms with Crippen LogP contribution < -0.4 is 10.1 Å². The molecular weight excluding hydrogens is 266 g/mol. The fraction of sp³-hybridized carbons (Fsp3) is 0.588. The number of benzene rings is 1. The van der Waals surface area contributed by atoms with Gasteiger partial charge in [-0.3, -0.25) is 4.79 Å². The summed E-state index contributed by atoms with van der Waals surface area (Å²) < 4.78 is 5.36. The lowest BCUT2D eigenvalue weighted by Gasteiger charge is -2.37. The molecule has 2 N–H and O–H groups in total. The lowest BCUT2D eigenvalue weighted by Crippen LogP contribution is -2.49. The molecule has 2 aliphatic rings. The molecule has 0 atom stereocenters. The van der Waals surface area contributed by atoms with Crippen molar-refractivity contribution in [2.45, 2.75) is 50.0 Å². The molecule has 3 rings (SSSR count). The highest BCUT2D eigenvalue weighted by molar-refractivity contribution is 5.91. The molecule has 0 bridgehead atoms. The van der Waals surface area contributed by atoms with Crippen LogP contribution in [0.2, 0.25) is 0 Å². The van der Waals surface area contributed by atoms with Gasteiger partial charge in [-0.25, -0.2) is 0 Å². The van der Waals surface area contributed by atoms with Gasteiger partial charge in [-0.05, 0) is 56.2 Å². The van der Waals surface area contributed by atoms with Crippen LogP contribution in [0.3, 0.4) is 0 Å². The second-order valence-corrected chi connectivity index (χ2v) is 6.53. The Morgan fingerprint density at radius 1 is 1.33 bits per heavy atom. The first-order chi connectivity index (χ1) is 9.99. The van der Waals surface area contributed by atoms with Gasteiger partial charge < -0.3 is 15.2 Å². The summed E-state index contributed by atoms with van der Waals surface area (Å²) in [6, 6.07) is 5.99. The largest absolute Gasteiger partial charge is 0.496 e. The highest BCUT2D eigenvalue weighted by atomic mass is 16.5. The first-order valence-corrected chi connectivity index (χ1v) is 7.65. The molecule has 0 aliphatic heterocycles. The molecule has 0 heterocycles. The van der Waals surface area contributed by atoms with Crippen molar-refractivity contribution in [1.82, 2.24) is 5.32 Å². The van der Waals surface area contributed by atoms with Crippen LogP contribution in [0.1, 0.15) is 43.2 Å². The molecule has 2 saturated carbocycles. The Morgan fingerprint density at radius 2 is 2.05 bits per heavy atom. The van der Waals surface area contributed by atoms with Gasteiger partial charge in [0.25, 0.3) is 0 Å². The normalized spacial score (nSPS) is 21.3. The maximum atomic E-state index is 12.5. The summed E-state index contributed by atoms with van der Waals surface area (Å²) in [6.45, 7) is 2.37. The molecule has 2 fully saturated rings. The predicted octanol–water partition coefficient (Wildman–Crippen LogP) is 2.07. The molecule has 4 heteroatoms. The molecule has 0 radical (unpaired) electrons. The summed E-state index contributed by atoms with van der Waals surface area (Å²) in [4.78, 5) is 12.5. The molecule has 1 aromatic rings. The minimum atomic E-state index is -0.670. The zero-order valence-electron chi connectivity index (χ0n) is 12.7. The van der Waals surface area contributed by atoms with Gasteiger partial charge in [0.1, 0.15) is 5.75 Å². The van der Waals surface area contributed by atoms with Gasteiger partial charge in [0, 0.05) is 6.54 Å². The molecule has 1 amide bonds. The van der Waals surface area contributed by atoms with Crippen LogP contribution in [0.5, 0.6) is 5.75 Å². The maximum Gasteiger partial charge on any atom is 0.230 e. The van der Waals surface area contributed by atoms with Crippen molar-refractivity contribution < 1.29 is 14.6 Å². The number of nitrogens with one attached hydrogen (secondary N) is 1. The highest BCUT2D eigenvalue weighted by Crippen LogP contribution is 2.49. The van der Waals surface area contributed by atoms with E-state index < -0.39 is 11.0 Å². The Balaban J connectivity index is 1.72. The summed E-state index contributed by atoms with van der Waals surface area (Å²) in [5.41, 5.74) is 1.00. The van der Waals surface area contributed by atoms with Crippen molar-refractivity contribution >= 4 is 5.91 Å². The molecule has 1 aromatic carbocycles. The fourth-order valence-corrected chi connectivity index (χ4v) is 3.07. The van der Waals surface area contributed by atoms with Crippen molar-refractivity contribution in [2.24, 2.45) is 0 Å². The molecular formula is C17H23NO3. The van der Waals surface area contributed by atoms with Crippen LogP contribution in [0.25, 0.3) is 0 Å². The predicted molar refractivity (Wildman–Crippen MR) is 80.5 cm³/mol. The molecule has 2 aliphatic carbocycles. The van der Waals surface area contributed by atoms with Gasteiger partial charge >= 0.3 is 0 Å². The zero-order chi connectivity index (χ0) is 15.1. The van der Waals surface area contributed by atoms with E-state index >= 15 is 0 Å². The SMILES string of the molecule is COc1cc(C2(C(=O)NCC3(O)CCC3)CC2)ccc1C. The summed E-state index contributed by atoms with van der Waals surface area (Å²) in [6.07, 6.45) is 4.36. The van der Waals surface area contributed by atoms with E-state index in [1.54, 1.807) is 7.11 Å². The number of hydrogen-bond donors (Lipinski definition) is 2. The molecule has 21 heavy (non-hydrogen) atoms. The van der Waals surface area contributed by atoms with E-state index in [9.17, 15) is 9.90 Å². The number of aryl methyl sites for hydroxylation is 1. The van der Waals surface area contributed by atoms with Crippen LogP contribution in [0.4, 0.5) is 0 Å². The number of rotatable bonds is 5. The summed E-state index contributed by atoms with van der Waals surface area (Å²) in [5, 5.41) is 13.0. The average molecular weight is 289 g/mol. The number of carbonyl (C=O) groups excluding carboxylic acids is 1. The molecule has 0 aromatic heterocycles. The topological polar surface area (TPSA) is 58.6 Å². The zero-order valence-corrected chi connectivity index (χ0v) is 12.7. The maximum absolute atomic E-state index is 12.5. The molecule has 4 nitrogen and oxygen atoms in total. The minimum Gasteiger partial charge on any atom is -0.496 e. The standard InChI is InChI=1S/C17H23NO3/c1-12-4-5-13(10-14(12)21-2)17(8-9-17)15(19)18-11-16(20)6-3-7-16/h4-5,10,20H,3,6-9,11H2,1-2H3,(H,18,19). The van der Waals surface area contributed by atoms with Gasteiger partial charge in [-0.15, -0.1) is 0 Å². The van der Waals surface area contributed by atoms with E-state index in [1.165, 1.54) is 0 Å². The smallest absolute Gasteiger partial charge is 0.230 e. The fourth-order valence-electron chi connectivity index (χ4n) is 3.07. The molecule has 0 unspecified atom stereocenters. The molecule has 0 saturated heterocycles. The first-order valence-electron chi connectivity index (χ1n) is 7.65. The van der Waals surface area contributed by atoms with Crippen molar-refractivity contribution in [3.8, 4) is 5.75 Å². The minimum absolute atomic E-state index is 0.0359. The van der Waals surface area contributed by atoms with Crippen LogP contribution >= 0.6 is 0 Å². The van der Waals surface area contributed by atoms with E-state index in [1.807, 2.05) is 25.1 Å². The first kappa shape index (κ1) is 14.4. The number of aliphatic hydroxyl groups is 1. The Morgan fingerprint density at radius 3 is 2.57 bits per heavy atom. The number of ether oxygens (including phenoxy) is 1. The van der Waals surface area contributed by atoms with Crippen molar-refractivity contribution in [3.05, 3.63) is 29.3 Å². The number of amides is 1. The van der Waals surface area contributed by atoms with Crippen molar-refractivity contribution in [2.75, 3.05) is 13.7 Å². The van der Waals surface area contributed by atoms with Crippen LogP contribution in [0.15, 0.2) is 18.2 Å². The lowest BCUT2D eigenvalue weighted by atomic mass is 9.80. The highest BCUT2D eigenvalue weighted by Gasteiger charge is 2.52. The van der Waals surface area contributed by atoms with E-state index in [0.717, 1.165) is 49.0 Å². The second kappa shape index (κ2) is 5.02. The molecule has 0 spiro atoms. The van der Waals surface area contributed by atoms with Crippen LogP contribution in [-0.4, -0.2) is 30.3 Å². The Hall–Kier alpha value is -1.55. The van der Waals surface area contributed by atoms with Gasteiger partial charge in [0.2, 0.25) is 5.91 Å². The van der Waals surface area contributed by atoms with Crippen LogP contribution in [-0.2, 0) is 10.2 Å². The van der Waals surface area contributed by atoms with Crippen molar-refractivity contribution in [3.63, 3.8) is 0 Å². The third-order valence-electron chi connectivity index (χ3n) is 5.01. The van der Waals surface area contributed by atoms with Gasteiger partial charge in [-0.2, -0.15) is 0 Å². The van der Waals surface area contributed by atoms with Gasteiger partial charge in [0.05, 0.1) is 18.1 Å². The Bertz CT molecular complexity index is 559. The summed E-state index contributed by atoms with van der Waals surface area (Å²) >= 11 is 0.